The van der Waals surface area contributed by atoms with Crippen molar-refractivity contribution < 1.29 is 23.0 Å². The molecule has 0 saturated carbocycles. The smallest absolute Gasteiger partial charge is 0.221 e. The van der Waals surface area contributed by atoms with Crippen molar-refractivity contribution in [1.82, 2.24) is 10.6 Å². The van der Waals surface area contributed by atoms with Crippen molar-refractivity contribution in [1.29, 1.82) is 0 Å². The maximum atomic E-state index is 14.2. The number of halogens is 3. The fraction of sp³-hybridized carbons (Fsp3) is 0.316. The Morgan fingerprint density at radius 2 is 1.96 bits per heavy atom. The van der Waals surface area contributed by atoms with Gasteiger partial charge in [0.15, 0.2) is 23.1 Å². The molecule has 0 aromatic heterocycles. The Morgan fingerprint density at radius 1 is 1.19 bits per heavy atom. The number of hydrogen-bond acceptors (Lipinski definition) is 4. The van der Waals surface area contributed by atoms with Gasteiger partial charge in [-0.05, 0) is 29.8 Å². The predicted octanol–water partition coefficient (Wildman–Crippen LogP) is 3.17. The lowest BCUT2D eigenvalue weighted by atomic mass is 10.1. The Balaban J connectivity index is 0.00000261. The van der Waals surface area contributed by atoms with Crippen LogP contribution in [0.25, 0.3) is 0 Å². The van der Waals surface area contributed by atoms with Crippen molar-refractivity contribution >= 4 is 18.3 Å². The molecular weight excluding hydrogens is 378 g/mol. The van der Waals surface area contributed by atoms with Crippen molar-refractivity contribution in [2.24, 2.45) is 0 Å². The van der Waals surface area contributed by atoms with Gasteiger partial charge in [0.25, 0.3) is 0 Å². The largest absolute Gasteiger partial charge is 0.451 e. The van der Waals surface area contributed by atoms with Crippen LogP contribution in [0.1, 0.15) is 12.0 Å². The van der Waals surface area contributed by atoms with Crippen LogP contribution in [-0.2, 0) is 16.1 Å². The van der Waals surface area contributed by atoms with Gasteiger partial charge in [0.05, 0.1) is 13.2 Å². The Hall–Kier alpha value is -2.22. The van der Waals surface area contributed by atoms with Gasteiger partial charge in [-0.25, -0.2) is 8.78 Å². The number of para-hydroxylation sites is 1. The highest BCUT2D eigenvalue weighted by molar-refractivity contribution is 5.85. The van der Waals surface area contributed by atoms with E-state index in [1.807, 2.05) is 0 Å². The van der Waals surface area contributed by atoms with Crippen LogP contribution in [0.5, 0.6) is 11.5 Å². The van der Waals surface area contributed by atoms with Gasteiger partial charge in [0.2, 0.25) is 5.91 Å². The topological polar surface area (TPSA) is 59.6 Å². The van der Waals surface area contributed by atoms with Crippen LogP contribution in [0.2, 0.25) is 0 Å². The summed E-state index contributed by atoms with van der Waals surface area (Å²) in [6.07, 6.45) is 0.303. The third-order valence-electron chi connectivity index (χ3n) is 3.97. The summed E-state index contributed by atoms with van der Waals surface area (Å²) in [4.78, 5) is 11.9. The number of rotatable bonds is 6. The third kappa shape index (κ3) is 6.16. The first-order valence-corrected chi connectivity index (χ1v) is 8.40. The SMILES string of the molecule is Cl.O=C(CC1COCCN1)NCc1ccc(Oc2ccccc2F)c(F)c1. The highest BCUT2D eigenvalue weighted by Crippen LogP contribution is 2.27. The van der Waals surface area contributed by atoms with Crippen molar-refractivity contribution in [3.05, 3.63) is 59.7 Å². The summed E-state index contributed by atoms with van der Waals surface area (Å²) in [6.45, 7) is 2.08. The lowest BCUT2D eigenvalue weighted by Crippen LogP contribution is -2.44. The highest BCUT2D eigenvalue weighted by atomic mass is 35.5. The van der Waals surface area contributed by atoms with E-state index in [-0.39, 0.29) is 42.4 Å². The van der Waals surface area contributed by atoms with E-state index in [4.69, 9.17) is 9.47 Å². The van der Waals surface area contributed by atoms with Gasteiger partial charge in [0.1, 0.15) is 0 Å². The Bertz CT molecular complexity index is 770. The maximum absolute atomic E-state index is 14.2. The molecular formula is C19H21ClF2N2O3. The summed E-state index contributed by atoms with van der Waals surface area (Å²) >= 11 is 0. The van der Waals surface area contributed by atoms with E-state index in [0.717, 1.165) is 6.54 Å². The van der Waals surface area contributed by atoms with Gasteiger partial charge in [-0.1, -0.05) is 18.2 Å². The molecule has 1 aliphatic heterocycles. The summed E-state index contributed by atoms with van der Waals surface area (Å²) in [5.74, 6) is -1.45. The van der Waals surface area contributed by atoms with Gasteiger partial charge in [0, 0.05) is 25.6 Å². The van der Waals surface area contributed by atoms with Crippen LogP contribution in [0, 0.1) is 11.6 Å². The van der Waals surface area contributed by atoms with Crippen LogP contribution >= 0.6 is 12.4 Å². The predicted molar refractivity (Wildman–Crippen MR) is 99.2 cm³/mol. The lowest BCUT2D eigenvalue weighted by molar-refractivity contribution is -0.122. The molecule has 0 spiro atoms. The average molecular weight is 399 g/mol. The molecule has 2 aromatic carbocycles. The van der Waals surface area contributed by atoms with Gasteiger partial charge in [-0.15, -0.1) is 12.4 Å². The molecule has 0 bridgehead atoms. The molecule has 0 radical (unpaired) electrons. The second-order valence-corrected chi connectivity index (χ2v) is 6.00. The number of amides is 1. The lowest BCUT2D eigenvalue weighted by Gasteiger charge is -2.23. The molecule has 2 N–H and O–H groups in total. The van der Waals surface area contributed by atoms with Crippen LogP contribution in [-0.4, -0.2) is 31.7 Å². The number of benzene rings is 2. The highest BCUT2D eigenvalue weighted by Gasteiger charge is 2.17. The van der Waals surface area contributed by atoms with Crippen LogP contribution in [0.4, 0.5) is 8.78 Å². The summed E-state index contributed by atoms with van der Waals surface area (Å²) in [5.41, 5.74) is 0.588. The fourth-order valence-electron chi connectivity index (χ4n) is 2.63. The molecule has 27 heavy (non-hydrogen) atoms. The van der Waals surface area contributed by atoms with Crippen molar-refractivity contribution in [3.8, 4) is 11.5 Å². The van der Waals surface area contributed by atoms with Gasteiger partial charge < -0.3 is 20.1 Å². The molecule has 3 rings (SSSR count). The number of ether oxygens (including phenoxy) is 2. The molecule has 0 aliphatic carbocycles. The van der Waals surface area contributed by atoms with Crippen molar-refractivity contribution in [2.45, 2.75) is 19.0 Å². The fourth-order valence-corrected chi connectivity index (χ4v) is 2.63. The number of nitrogens with one attached hydrogen (secondary N) is 2. The second kappa shape index (κ2) is 10.2. The minimum absolute atomic E-state index is 0. The standard InChI is InChI=1S/C19H20F2N2O3.ClH/c20-15-3-1-2-4-17(15)26-18-6-5-13(9-16(18)21)11-23-19(24)10-14-12-25-8-7-22-14;/h1-6,9,14,22H,7-8,10-12H2,(H,23,24);1H. The second-order valence-electron chi connectivity index (χ2n) is 6.00. The van der Waals surface area contributed by atoms with Crippen LogP contribution in [0.15, 0.2) is 42.5 Å². The first-order valence-electron chi connectivity index (χ1n) is 8.40. The van der Waals surface area contributed by atoms with E-state index < -0.39 is 11.6 Å². The molecule has 1 atom stereocenters. The summed E-state index contributed by atoms with van der Waals surface area (Å²) in [7, 11) is 0. The molecule has 146 valence electrons. The molecule has 1 amide bonds. The third-order valence-corrected chi connectivity index (χ3v) is 3.97. The van der Waals surface area contributed by atoms with Gasteiger partial charge >= 0.3 is 0 Å². The van der Waals surface area contributed by atoms with Crippen molar-refractivity contribution in [2.75, 3.05) is 19.8 Å². The first-order chi connectivity index (χ1) is 12.6. The average Bonchev–Trinajstić information content (AvgIpc) is 2.64. The Labute approximate surface area is 162 Å². The minimum Gasteiger partial charge on any atom is -0.451 e. The van der Waals surface area contributed by atoms with E-state index in [1.54, 1.807) is 12.1 Å². The van der Waals surface area contributed by atoms with E-state index >= 15 is 0 Å². The molecule has 5 nitrogen and oxygen atoms in total. The summed E-state index contributed by atoms with van der Waals surface area (Å²) in [6, 6.07) is 10.1. The quantitative estimate of drug-likeness (QED) is 0.784. The van der Waals surface area contributed by atoms with E-state index in [0.29, 0.717) is 25.2 Å². The Morgan fingerprint density at radius 3 is 2.67 bits per heavy atom. The molecule has 1 aliphatic rings. The molecule has 1 unspecified atom stereocenters. The minimum atomic E-state index is -0.623. The monoisotopic (exact) mass is 398 g/mol. The summed E-state index contributed by atoms with van der Waals surface area (Å²) in [5, 5.41) is 5.95. The van der Waals surface area contributed by atoms with Crippen LogP contribution < -0.4 is 15.4 Å². The van der Waals surface area contributed by atoms with E-state index in [9.17, 15) is 13.6 Å². The maximum Gasteiger partial charge on any atom is 0.221 e. The van der Waals surface area contributed by atoms with Crippen LogP contribution in [0.3, 0.4) is 0 Å². The van der Waals surface area contributed by atoms with E-state index in [2.05, 4.69) is 10.6 Å². The number of carbonyl (C=O) groups excluding carboxylic acids is 1. The van der Waals surface area contributed by atoms with Gasteiger partial charge in [-0.3, -0.25) is 4.79 Å². The first kappa shape index (κ1) is 21.1. The van der Waals surface area contributed by atoms with Crippen molar-refractivity contribution in [3.63, 3.8) is 0 Å². The van der Waals surface area contributed by atoms with E-state index in [1.165, 1.54) is 30.3 Å². The number of hydrogen-bond donors (Lipinski definition) is 2. The normalized spacial score (nSPS) is 16.3. The molecule has 1 fully saturated rings. The Kier molecular flexibility index (Phi) is 7.97. The number of carbonyl (C=O) groups is 1. The molecule has 1 heterocycles. The number of morpholine rings is 1. The summed E-state index contributed by atoms with van der Waals surface area (Å²) < 4.78 is 38.3. The van der Waals surface area contributed by atoms with Gasteiger partial charge in [-0.2, -0.15) is 0 Å². The molecule has 2 aromatic rings. The molecule has 1 saturated heterocycles. The molecule has 8 heteroatoms. The zero-order valence-electron chi connectivity index (χ0n) is 14.5. The zero-order chi connectivity index (χ0) is 18.4. The zero-order valence-corrected chi connectivity index (χ0v) is 15.4.